The van der Waals surface area contributed by atoms with Gasteiger partial charge in [0.25, 0.3) is 0 Å². The van der Waals surface area contributed by atoms with Gasteiger partial charge in [-0.05, 0) is 24.7 Å². The molecular weight excluding hydrogens is 294 g/mol. The summed E-state index contributed by atoms with van der Waals surface area (Å²) in [5.74, 6) is 0. The molecule has 6 heteroatoms. The van der Waals surface area contributed by atoms with E-state index in [1.54, 1.807) is 7.11 Å². The van der Waals surface area contributed by atoms with Crippen molar-refractivity contribution in [3.63, 3.8) is 0 Å². The third-order valence-electron chi connectivity index (χ3n) is 3.09. The molecule has 1 atom stereocenters. The molecule has 2 rings (SSSR count). The van der Waals surface area contributed by atoms with Crippen LogP contribution in [0.2, 0.25) is 5.02 Å². The lowest BCUT2D eigenvalue weighted by Gasteiger charge is -2.27. The van der Waals surface area contributed by atoms with Gasteiger partial charge in [0.1, 0.15) is 0 Å². The number of rotatable bonds is 6. The second-order valence-corrected chi connectivity index (χ2v) is 6.19. The highest BCUT2D eigenvalue weighted by molar-refractivity contribution is 7.15. The Balaban J connectivity index is 2.12. The van der Waals surface area contributed by atoms with Crippen molar-refractivity contribution in [1.29, 1.82) is 0 Å². The van der Waals surface area contributed by atoms with E-state index in [-0.39, 0.29) is 6.04 Å². The minimum Gasteiger partial charge on any atom is -0.383 e. The van der Waals surface area contributed by atoms with Crippen molar-refractivity contribution >= 4 is 28.1 Å². The van der Waals surface area contributed by atoms with Gasteiger partial charge < -0.3 is 10.5 Å². The molecule has 0 amide bonds. The lowest BCUT2D eigenvalue weighted by molar-refractivity contribution is 0.103. The number of aromatic nitrogens is 1. The maximum absolute atomic E-state index is 5.94. The van der Waals surface area contributed by atoms with Crippen LogP contribution in [-0.4, -0.2) is 30.6 Å². The lowest BCUT2D eigenvalue weighted by atomic mass is 10.1. The van der Waals surface area contributed by atoms with Crippen molar-refractivity contribution in [3.8, 4) is 0 Å². The van der Waals surface area contributed by atoms with Gasteiger partial charge in [-0.25, -0.2) is 4.98 Å². The maximum Gasteiger partial charge on any atom is 0.180 e. The molecule has 0 spiro atoms. The van der Waals surface area contributed by atoms with E-state index in [0.29, 0.717) is 11.7 Å². The molecule has 1 aromatic heterocycles. The van der Waals surface area contributed by atoms with Crippen LogP contribution < -0.4 is 5.73 Å². The molecule has 108 valence electrons. The van der Waals surface area contributed by atoms with Gasteiger partial charge in [0.2, 0.25) is 0 Å². The fourth-order valence-corrected chi connectivity index (χ4v) is 2.95. The van der Waals surface area contributed by atoms with Crippen molar-refractivity contribution in [3.05, 3.63) is 45.9 Å². The standard InChI is InChI=1S/C14H18ClN3OS/c1-18(8-12-7-17-14(16)20-12)13(9-19-2)10-3-5-11(15)6-4-10/h3-7,13H,8-9H2,1-2H3,(H2,16,17). The summed E-state index contributed by atoms with van der Waals surface area (Å²) in [5, 5.41) is 1.34. The number of thiazole rings is 1. The van der Waals surface area contributed by atoms with Crippen LogP contribution in [0.15, 0.2) is 30.5 Å². The first-order valence-electron chi connectivity index (χ1n) is 6.25. The summed E-state index contributed by atoms with van der Waals surface area (Å²) in [4.78, 5) is 7.44. The van der Waals surface area contributed by atoms with Crippen LogP contribution in [0.3, 0.4) is 0 Å². The second kappa shape index (κ2) is 7.04. The van der Waals surface area contributed by atoms with E-state index in [2.05, 4.69) is 16.9 Å². The van der Waals surface area contributed by atoms with E-state index in [1.165, 1.54) is 16.9 Å². The Hall–Kier alpha value is -1.14. The molecule has 4 nitrogen and oxygen atoms in total. The third kappa shape index (κ3) is 3.93. The summed E-state index contributed by atoms with van der Waals surface area (Å²) in [7, 11) is 3.77. The van der Waals surface area contributed by atoms with Crippen molar-refractivity contribution < 1.29 is 4.74 Å². The van der Waals surface area contributed by atoms with Gasteiger partial charge >= 0.3 is 0 Å². The summed E-state index contributed by atoms with van der Waals surface area (Å²) >= 11 is 7.45. The van der Waals surface area contributed by atoms with E-state index in [0.717, 1.165) is 16.4 Å². The predicted octanol–water partition coefficient (Wildman–Crippen LogP) is 3.20. The van der Waals surface area contributed by atoms with Gasteiger partial charge in [0, 0.05) is 29.8 Å². The van der Waals surface area contributed by atoms with Crippen molar-refractivity contribution in [2.45, 2.75) is 12.6 Å². The smallest absolute Gasteiger partial charge is 0.180 e. The number of halogens is 1. The number of hydrogen-bond acceptors (Lipinski definition) is 5. The van der Waals surface area contributed by atoms with E-state index >= 15 is 0 Å². The zero-order valence-corrected chi connectivity index (χ0v) is 13.1. The number of ether oxygens (including phenoxy) is 1. The topological polar surface area (TPSA) is 51.4 Å². The molecule has 0 saturated heterocycles. The number of benzene rings is 1. The first-order valence-corrected chi connectivity index (χ1v) is 7.44. The van der Waals surface area contributed by atoms with E-state index in [1.807, 2.05) is 30.5 Å². The van der Waals surface area contributed by atoms with Crippen LogP contribution in [0.25, 0.3) is 0 Å². The van der Waals surface area contributed by atoms with Crippen LogP contribution >= 0.6 is 22.9 Å². The van der Waals surface area contributed by atoms with Gasteiger partial charge in [-0.3, -0.25) is 4.90 Å². The SMILES string of the molecule is COCC(c1ccc(Cl)cc1)N(C)Cc1cnc(N)s1. The molecule has 0 aliphatic heterocycles. The molecule has 1 heterocycles. The van der Waals surface area contributed by atoms with E-state index in [4.69, 9.17) is 22.1 Å². The molecule has 2 aromatic rings. The fourth-order valence-electron chi connectivity index (χ4n) is 2.07. The van der Waals surface area contributed by atoms with Crippen LogP contribution in [0.4, 0.5) is 5.13 Å². The molecule has 2 N–H and O–H groups in total. The molecule has 0 bridgehead atoms. The number of anilines is 1. The average Bonchev–Trinajstić information content (AvgIpc) is 2.82. The summed E-state index contributed by atoms with van der Waals surface area (Å²) in [6, 6.07) is 8.03. The molecule has 0 aliphatic carbocycles. The highest BCUT2D eigenvalue weighted by Gasteiger charge is 2.18. The predicted molar refractivity (Wildman–Crippen MR) is 84.1 cm³/mol. The maximum atomic E-state index is 5.94. The van der Waals surface area contributed by atoms with Crippen LogP contribution in [0, 0.1) is 0 Å². The number of nitrogen functional groups attached to an aromatic ring is 1. The second-order valence-electron chi connectivity index (χ2n) is 4.60. The molecule has 20 heavy (non-hydrogen) atoms. The summed E-state index contributed by atoms with van der Waals surface area (Å²) < 4.78 is 5.34. The molecule has 1 unspecified atom stereocenters. The lowest BCUT2D eigenvalue weighted by Crippen LogP contribution is -2.27. The summed E-state index contributed by atoms with van der Waals surface area (Å²) in [6.45, 7) is 1.40. The normalized spacial score (nSPS) is 12.8. The molecule has 0 saturated carbocycles. The highest BCUT2D eigenvalue weighted by atomic mass is 35.5. The van der Waals surface area contributed by atoms with Gasteiger partial charge in [0.15, 0.2) is 5.13 Å². The van der Waals surface area contributed by atoms with Gasteiger partial charge in [0.05, 0.1) is 12.6 Å². The Bertz CT molecular complexity index is 544. The Morgan fingerprint density at radius 3 is 2.65 bits per heavy atom. The Kier molecular flexibility index (Phi) is 5.37. The Morgan fingerprint density at radius 2 is 2.10 bits per heavy atom. The first-order chi connectivity index (χ1) is 9.60. The molecule has 0 fully saturated rings. The largest absolute Gasteiger partial charge is 0.383 e. The zero-order chi connectivity index (χ0) is 14.5. The highest BCUT2D eigenvalue weighted by Crippen LogP contribution is 2.25. The van der Waals surface area contributed by atoms with Crippen molar-refractivity contribution in [2.24, 2.45) is 0 Å². The van der Waals surface area contributed by atoms with E-state index in [9.17, 15) is 0 Å². The molecule has 1 aromatic carbocycles. The first kappa shape index (κ1) is 15.3. The molecule has 0 radical (unpaired) electrons. The van der Waals surface area contributed by atoms with Crippen LogP contribution in [0.1, 0.15) is 16.5 Å². The molecular formula is C14H18ClN3OS. The van der Waals surface area contributed by atoms with Gasteiger partial charge in [-0.15, -0.1) is 11.3 Å². The quantitative estimate of drug-likeness (QED) is 0.890. The number of nitrogens with zero attached hydrogens (tertiary/aromatic N) is 2. The van der Waals surface area contributed by atoms with Crippen LogP contribution in [0.5, 0.6) is 0 Å². The van der Waals surface area contributed by atoms with E-state index < -0.39 is 0 Å². The zero-order valence-electron chi connectivity index (χ0n) is 11.5. The fraction of sp³-hybridized carbons (Fsp3) is 0.357. The average molecular weight is 312 g/mol. The number of methoxy groups -OCH3 is 1. The van der Waals surface area contributed by atoms with Crippen molar-refractivity contribution in [1.82, 2.24) is 9.88 Å². The molecule has 0 aliphatic rings. The minimum atomic E-state index is 0.167. The minimum absolute atomic E-state index is 0.167. The monoisotopic (exact) mass is 311 g/mol. The number of likely N-dealkylation sites (N-methyl/N-ethyl adjacent to an activating group) is 1. The Morgan fingerprint density at radius 1 is 1.40 bits per heavy atom. The number of nitrogens with two attached hydrogens (primary N) is 1. The summed E-state index contributed by atoms with van der Waals surface area (Å²) in [5.41, 5.74) is 6.84. The van der Waals surface area contributed by atoms with Crippen LogP contribution in [-0.2, 0) is 11.3 Å². The van der Waals surface area contributed by atoms with Crippen molar-refractivity contribution in [2.75, 3.05) is 26.5 Å². The Labute approximate surface area is 128 Å². The third-order valence-corrected chi connectivity index (χ3v) is 4.15. The van der Waals surface area contributed by atoms with Gasteiger partial charge in [-0.1, -0.05) is 23.7 Å². The van der Waals surface area contributed by atoms with Gasteiger partial charge in [-0.2, -0.15) is 0 Å². The summed E-state index contributed by atoms with van der Waals surface area (Å²) in [6.07, 6.45) is 1.82. The number of hydrogen-bond donors (Lipinski definition) is 1.